The Bertz CT molecular complexity index is 311. The molecule has 0 unspecified atom stereocenters. The van der Waals surface area contributed by atoms with Gasteiger partial charge in [-0.3, -0.25) is 0 Å². The van der Waals surface area contributed by atoms with Crippen molar-refractivity contribution in [3.8, 4) is 0 Å². The summed E-state index contributed by atoms with van der Waals surface area (Å²) in [5.74, 6) is -0.527. The fraction of sp³-hybridized carbons (Fsp3) is 0.917. The van der Waals surface area contributed by atoms with Gasteiger partial charge >= 0.3 is 6.03 Å². The summed E-state index contributed by atoms with van der Waals surface area (Å²) in [5, 5.41) is 2.92. The third-order valence-electron chi connectivity index (χ3n) is 3.80. The minimum absolute atomic E-state index is 0.0403. The SMILES string of the molecule is O=C(NC[C@H]1CCCO1)N1CCC2(C1)OCCO2. The van der Waals surface area contributed by atoms with Crippen LogP contribution in [-0.2, 0) is 14.2 Å². The molecule has 0 aliphatic carbocycles. The molecule has 3 saturated heterocycles. The lowest BCUT2D eigenvalue weighted by Crippen LogP contribution is -2.44. The zero-order valence-electron chi connectivity index (χ0n) is 10.5. The van der Waals surface area contributed by atoms with E-state index in [1.54, 1.807) is 4.90 Å². The Morgan fingerprint density at radius 2 is 2.17 bits per heavy atom. The number of likely N-dealkylation sites (tertiary alicyclic amines) is 1. The van der Waals surface area contributed by atoms with E-state index in [0.717, 1.165) is 25.9 Å². The van der Waals surface area contributed by atoms with Gasteiger partial charge in [0.25, 0.3) is 0 Å². The van der Waals surface area contributed by atoms with Crippen LogP contribution in [0.5, 0.6) is 0 Å². The van der Waals surface area contributed by atoms with E-state index < -0.39 is 5.79 Å². The molecule has 3 rings (SSSR count). The standard InChI is InChI=1S/C12H20N2O4/c15-11(13-8-10-2-1-5-16-10)14-4-3-12(9-14)17-6-7-18-12/h10H,1-9H2,(H,13,15)/t10-/m1/s1. The Kier molecular flexibility index (Phi) is 3.41. The van der Waals surface area contributed by atoms with Gasteiger partial charge in [-0.2, -0.15) is 0 Å². The summed E-state index contributed by atoms with van der Waals surface area (Å²) in [7, 11) is 0. The molecule has 0 aromatic heterocycles. The van der Waals surface area contributed by atoms with E-state index in [-0.39, 0.29) is 12.1 Å². The molecule has 102 valence electrons. The fourth-order valence-corrected chi connectivity index (χ4v) is 2.78. The van der Waals surface area contributed by atoms with E-state index in [1.807, 2.05) is 0 Å². The number of nitrogens with zero attached hydrogens (tertiary/aromatic N) is 1. The lowest BCUT2D eigenvalue weighted by Gasteiger charge is -2.23. The molecule has 1 spiro atoms. The Morgan fingerprint density at radius 1 is 1.33 bits per heavy atom. The number of hydrogen-bond acceptors (Lipinski definition) is 4. The molecule has 1 N–H and O–H groups in total. The quantitative estimate of drug-likeness (QED) is 0.773. The molecule has 6 heteroatoms. The predicted molar refractivity (Wildman–Crippen MR) is 63.2 cm³/mol. The van der Waals surface area contributed by atoms with Gasteiger partial charge in [-0.25, -0.2) is 4.79 Å². The molecule has 2 amide bonds. The van der Waals surface area contributed by atoms with Crippen molar-refractivity contribution < 1.29 is 19.0 Å². The largest absolute Gasteiger partial charge is 0.376 e. The number of urea groups is 1. The second kappa shape index (κ2) is 5.03. The summed E-state index contributed by atoms with van der Waals surface area (Å²) in [5.41, 5.74) is 0. The van der Waals surface area contributed by atoms with Crippen LogP contribution in [0.25, 0.3) is 0 Å². The van der Waals surface area contributed by atoms with Crippen molar-refractivity contribution in [2.24, 2.45) is 0 Å². The summed E-state index contributed by atoms with van der Waals surface area (Å²) in [6, 6.07) is -0.0403. The number of amides is 2. The summed E-state index contributed by atoms with van der Waals surface area (Å²) in [6.07, 6.45) is 3.08. The van der Waals surface area contributed by atoms with Gasteiger partial charge in [-0.05, 0) is 12.8 Å². The second-order valence-corrected chi connectivity index (χ2v) is 5.10. The van der Waals surface area contributed by atoms with Gasteiger partial charge in [0.1, 0.15) is 0 Å². The zero-order chi connectivity index (χ0) is 12.4. The monoisotopic (exact) mass is 256 g/mol. The molecule has 3 heterocycles. The van der Waals surface area contributed by atoms with Gasteiger partial charge in [0.2, 0.25) is 0 Å². The van der Waals surface area contributed by atoms with Crippen LogP contribution >= 0.6 is 0 Å². The van der Waals surface area contributed by atoms with Crippen LogP contribution in [0.2, 0.25) is 0 Å². The molecule has 3 fully saturated rings. The molecule has 0 saturated carbocycles. The fourth-order valence-electron chi connectivity index (χ4n) is 2.78. The third kappa shape index (κ3) is 2.46. The first-order valence-corrected chi connectivity index (χ1v) is 6.70. The Hall–Kier alpha value is -0.850. The van der Waals surface area contributed by atoms with Crippen molar-refractivity contribution in [1.29, 1.82) is 0 Å². The summed E-state index contributed by atoms with van der Waals surface area (Å²) >= 11 is 0. The molecule has 3 aliphatic heterocycles. The number of ether oxygens (including phenoxy) is 3. The third-order valence-corrected chi connectivity index (χ3v) is 3.80. The van der Waals surface area contributed by atoms with Crippen LogP contribution in [0.4, 0.5) is 4.79 Å². The van der Waals surface area contributed by atoms with Crippen LogP contribution < -0.4 is 5.32 Å². The maximum absolute atomic E-state index is 12.0. The number of carbonyl (C=O) groups is 1. The molecule has 1 atom stereocenters. The normalized spacial score (nSPS) is 30.2. The molecular formula is C12H20N2O4. The Labute approximate surface area is 107 Å². The maximum Gasteiger partial charge on any atom is 0.317 e. The second-order valence-electron chi connectivity index (χ2n) is 5.10. The molecule has 6 nitrogen and oxygen atoms in total. The van der Waals surface area contributed by atoms with E-state index in [1.165, 1.54) is 0 Å². The van der Waals surface area contributed by atoms with E-state index in [2.05, 4.69) is 5.32 Å². The van der Waals surface area contributed by atoms with E-state index >= 15 is 0 Å². The molecule has 0 bridgehead atoms. The van der Waals surface area contributed by atoms with Gasteiger partial charge in [-0.1, -0.05) is 0 Å². The smallest absolute Gasteiger partial charge is 0.317 e. The molecule has 0 aromatic carbocycles. The average molecular weight is 256 g/mol. The van der Waals surface area contributed by atoms with Crippen molar-refractivity contribution in [1.82, 2.24) is 10.2 Å². The number of rotatable bonds is 2. The minimum atomic E-state index is -0.527. The van der Waals surface area contributed by atoms with Crippen molar-refractivity contribution in [3.05, 3.63) is 0 Å². The topological polar surface area (TPSA) is 60.0 Å². The zero-order valence-corrected chi connectivity index (χ0v) is 10.5. The van der Waals surface area contributed by atoms with Crippen LogP contribution in [0, 0.1) is 0 Å². The first-order chi connectivity index (χ1) is 8.77. The van der Waals surface area contributed by atoms with Crippen molar-refractivity contribution in [2.45, 2.75) is 31.2 Å². The number of hydrogen-bond donors (Lipinski definition) is 1. The molecule has 0 radical (unpaired) electrons. The summed E-state index contributed by atoms with van der Waals surface area (Å²) < 4.78 is 16.7. The number of carbonyl (C=O) groups excluding carboxylic acids is 1. The first kappa shape index (κ1) is 12.2. The van der Waals surface area contributed by atoms with Crippen molar-refractivity contribution in [3.63, 3.8) is 0 Å². The maximum atomic E-state index is 12.0. The molecular weight excluding hydrogens is 236 g/mol. The molecule has 0 aromatic rings. The number of nitrogens with one attached hydrogen (secondary N) is 1. The van der Waals surface area contributed by atoms with E-state index in [9.17, 15) is 4.79 Å². The lowest BCUT2D eigenvalue weighted by molar-refractivity contribution is -0.143. The average Bonchev–Trinajstić information content (AvgIpc) is 3.10. The first-order valence-electron chi connectivity index (χ1n) is 6.70. The highest BCUT2D eigenvalue weighted by Crippen LogP contribution is 2.30. The highest BCUT2D eigenvalue weighted by atomic mass is 16.7. The van der Waals surface area contributed by atoms with Crippen LogP contribution in [0.15, 0.2) is 0 Å². The predicted octanol–water partition coefficient (Wildman–Crippen LogP) is 0.324. The highest BCUT2D eigenvalue weighted by molar-refractivity contribution is 5.74. The van der Waals surface area contributed by atoms with Gasteiger partial charge in [0, 0.05) is 26.1 Å². The van der Waals surface area contributed by atoms with E-state index in [4.69, 9.17) is 14.2 Å². The minimum Gasteiger partial charge on any atom is -0.376 e. The summed E-state index contributed by atoms with van der Waals surface area (Å²) in [6.45, 7) is 3.90. The van der Waals surface area contributed by atoms with Crippen molar-refractivity contribution >= 4 is 6.03 Å². The Balaban J connectivity index is 1.45. The van der Waals surface area contributed by atoms with Crippen LogP contribution in [-0.4, -0.2) is 62.3 Å². The lowest BCUT2D eigenvalue weighted by atomic mass is 10.2. The highest BCUT2D eigenvalue weighted by Gasteiger charge is 2.44. The van der Waals surface area contributed by atoms with Crippen LogP contribution in [0.1, 0.15) is 19.3 Å². The van der Waals surface area contributed by atoms with Gasteiger partial charge in [0.05, 0.1) is 25.9 Å². The molecule has 3 aliphatic rings. The summed E-state index contributed by atoms with van der Waals surface area (Å²) in [4.78, 5) is 13.8. The van der Waals surface area contributed by atoms with E-state index in [0.29, 0.717) is 32.8 Å². The van der Waals surface area contributed by atoms with Gasteiger partial charge in [0.15, 0.2) is 5.79 Å². The molecule has 18 heavy (non-hydrogen) atoms. The van der Waals surface area contributed by atoms with Crippen LogP contribution in [0.3, 0.4) is 0 Å². The van der Waals surface area contributed by atoms with Crippen molar-refractivity contribution in [2.75, 3.05) is 39.5 Å². The van der Waals surface area contributed by atoms with Gasteiger partial charge < -0.3 is 24.4 Å². The Morgan fingerprint density at radius 3 is 2.89 bits per heavy atom. The van der Waals surface area contributed by atoms with Gasteiger partial charge in [-0.15, -0.1) is 0 Å².